The van der Waals surface area contributed by atoms with Gasteiger partial charge in [-0.25, -0.2) is 4.89 Å². The van der Waals surface area contributed by atoms with E-state index in [4.69, 9.17) is 5.26 Å². The van der Waals surface area contributed by atoms with Crippen molar-refractivity contribution in [1.82, 2.24) is 0 Å². The first-order chi connectivity index (χ1) is 12.0. The molecule has 3 rings (SSSR count). The van der Waals surface area contributed by atoms with Gasteiger partial charge in [-0.1, -0.05) is 107 Å². The summed E-state index contributed by atoms with van der Waals surface area (Å²) >= 11 is 0. The fourth-order valence-electron chi connectivity index (χ4n) is 2.51. The van der Waals surface area contributed by atoms with E-state index in [1.807, 2.05) is 0 Å². The minimum atomic E-state index is -1.31. The van der Waals surface area contributed by atoms with E-state index in [0.717, 1.165) is 0 Å². The van der Waals surface area contributed by atoms with E-state index in [-0.39, 0.29) is 0 Å². The highest BCUT2D eigenvalue weighted by molar-refractivity contribution is 6.95. The Morgan fingerprint density at radius 1 is 0.600 bits per heavy atom. The molecule has 2 nitrogen and oxygen atoms in total. The molecule has 3 heteroatoms. The van der Waals surface area contributed by atoms with Crippen LogP contribution in [0.4, 0.5) is 0 Å². The van der Waals surface area contributed by atoms with E-state index in [0.29, 0.717) is 0 Å². The van der Waals surface area contributed by atoms with Crippen LogP contribution >= 0.6 is 0 Å². The van der Waals surface area contributed by atoms with Gasteiger partial charge in [-0.3, -0.25) is 5.26 Å². The summed E-state index contributed by atoms with van der Waals surface area (Å²) in [5.41, 5.74) is -0.403. The summed E-state index contributed by atoms with van der Waals surface area (Å²) in [5, 5.41) is 12.3. The Morgan fingerprint density at radius 2 is 0.840 bits per heavy atom. The smallest absolute Gasteiger partial charge is 0.132 e. The highest BCUT2D eigenvalue weighted by atomic mass is 28.3. The normalized spacial score (nSPS) is 10.9. The lowest BCUT2D eigenvalue weighted by molar-refractivity contribution is -0.306. The van der Waals surface area contributed by atoms with Gasteiger partial charge in [0.05, 0.1) is 5.60 Å². The second kappa shape index (κ2) is 9.32. The van der Waals surface area contributed by atoms with Gasteiger partial charge in [0.1, 0.15) is 8.80 Å². The van der Waals surface area contributed by atoms with Gasteiger partial charge in [0, 0.05) is 0 Å². The maximum atomic E-state index is 7.90. The quantitative estimate of drug-likeness (QED) is 0.340. The average Bonchev–Trinajstić information content (AvgIpc) is 2.65. The molecule has 0 aliphatic rings. The van der Waals surface area contributed by atoms with Crippen LogP contribution in [-0.2, 0) is 4.89 Å². The Labute approximate surface area is 152 Å². The number of hydrogen-bond donors (Lipinski definition) is 1. The Kier molecular flexibility index (Phi) is 7.13. The van der Waals surface area contributed by atoms with Gasteiger partial charge in [0.2, 0.25) is 0 Å². The molecular formula is C22H26O2Si. The molecule has 130 valence electrons. The number of benzene rings is 3. The first-order valence-electron chi connectivity index (χ1n) is 8.48. The fourth-order valence-corrected chi connectivity index (χ4v) is 5.49. The predicted molar refractivity (Wildman–Crippen MR) is 109 cm³/mol. The summed E-state index contributed by atoms with van der Waals surface area (Å²) < 4.78 is 0. The van der Waals surface area contributed by atoms with E-state index in [1.165, 1.54) is 15.6 Å². The van der Waals surface area contributed by atoms with Crippen LogP contribution in [0.15, 0.2) is 91.0 Å². The van der Waals surface area contributed by atoms with Crippen LogP contribution in [0, 0.1) is 0 Å². The van der Waals surface area contributed by atoms with E-state index < -0.39 is 14.4 Å². The molecule has 0 unspecified atom stereocenters. The number of rotatable bonds is 3. The fraction of sp³-hybridized carbons (Fsp3) is 0.182. The van der Waals surface area contributed by atoms with Gasteiger partial charge in [-0.15, -0.1) is 0 Å². The Hall–Kier alpha value is -2.20. The molecule has 1 N–H and O–H groups in total. The van der Waals surface area contributed by atoms with Gasteiger partial charge >= 0.3 is 0 Å². The zero-order valence-electron chi connectivity index (χ0n) is 15.1. The van der Waals surface area contributed by atoms with Gasteiger partial charge in [0.25, 0.3) is 0 Å². The summed E-state index contributed by atoms with van der Waals surface area (Å²) in [6.07, 6.45) is 0. The predicted octanol–water partition coefficient (Wildman–Crippen LogP) is 3.21. The van der Waals surface area contributed by atoms with Crippen LogP contribution in [-0.4, -0.2) is 19.7 Å². The lowest BCUT2D eigenvalue weighted by Gasteiger charge is -2.16. The molecule has 0 amide bonds. The molecular weight excluding hydrogens is 324 g/mol. The maximum absolute atomic E-state index is 7.90. The zero-order chi connectivity index (χ0) is 18.1. The molecule has 0 atom stereocenters. The molecule has 0 aliphatic heterocycles. The van der Waals surface area contributed by atoms with Crippen LogP contribution in [0.25, 0.3) is 0 Å². The van der Waals surface area contributed by atoms with Crippen molar-refractivity contribution in [3.05, 3.63) is 91.0 Å². The summed E-state index contributed by atoms with van der Waals surface area (Å²) in [6, 6.07) is 32.7. The average molecular weight is 351 g/mol. The van der Waals surface area contributed by atoms with Crippen molar-refractivity contribution in [1.29, 1.82) is 0 Å². The minimum absolute atomic E-state index is 0.403. The largest absolute Gasteiger partial charge is 0.251 e. The van der Waals surface area contributed by atoms with Crippen molar-refractivity contribution < 1.29 is 10.1 Å². The highest BCUT2D eigenvalue weighted by Gasteiger charge is 2.17. The van der Waals surface area contributed by atoms with Crippen molar-refractivity contribution in [3.63, 3.8) is 0 Å². The summed E-state index contributed by atoms with van der Waals surface area (Å²) in [7, 11) is -1.31. The third-order valence-corrected chi connectivity index (χ3v) is 6.83. The SMILES string of the molecule is CC(C)(C)OO.c1ccc([SiH](c2ccccc2)c2ccccc2)cc1. The molecule has 0 bridgehead atoms. The summed E-state index contributed by atoms with van der Waals surface area (Å²) in [5.74, 6) is 0. The van der Waals surface area contributed by atoms with Crippen molar-refractivity contribution in [2.75, 3.05) is 0 Å². The molecule has 0 heterocycles. The molecule has 3 aromatic rings. The molecule has 3 aromatic carbocycles. The first kappa shape index (κ1) is 19.1. The van der Waals surface area contributed by atoms with Gasteiger partial charge in [-0.05, 0) is 20.8 Å². The Bertz CT molecular complexity index is 628. The minimum Gasteiger partial charge on any atom is -0.251 e. The van der Waals surface area contributed by atoms with Crippen LogP contribution in [0.1, 0.15) is 20.8 Å². The number of hydrogen-bond acceptors (Lipinski definition) is 2. The monoisotopic (exact) mass is 350 g/mol. The van der Waals surface area contributed by atoms with E-state index in [2.05, 4.69) is 95.9 Å². The Balaban J connectivity index is 0.000000326. The van der Waals surface area contributed by atoms with Crippen molar-refractivity contribution in [2.24, 2.45) is 0 Å². The van der Waals surface area contributed by atoms with Gasteiger partial charge in [-0.2, -0.15) is 0 Å². The van der Waals surface area contributed by atoms with Gasteiger partial charge in [0.15, 0.2) is 0 Å². The molecule has 0 spiro atoms. The molecule has 0 saturated carbocycles. The second-order valence-corrected chi connectivity index (χ2v) is 9.73. The molecule has 0 radical (unpaired) electrons. The lowest BCUT2D eigenvalue weighted by Crippen LogP contribution is -2.51. The molecule has 0 saturated heterocycles. The van der Waals surface area contributed by atoms with Crippen molar-refractivity contribution in [2.45, 2.75) is 26.4 Å². The van der Waals surface area contributed by atoms with Crippen molar-refractivity contribution >= 4 is 24.4 Å². The summed E-state index contributed by atoms with van der Waals surface area (Å²) in [4.78, 5) is 3.94. The second-order valence-electron chi connectivity index (χ2n) is 6.87. The third kappa shape index (κ3) is 6.31. The zero-order valence-corrected chi connectivity index (χ0v) is 16.2. The van der Waals surface area contributed by atoms with Crippen molar-refractivity contribution in [3.8, 4) is 0 Å². The molecule has 25 heavy (non-hydrogen) atoms. The van der Waals surface area contributed by atoms with E-state index in [1.54, 1.807) is 20.8 Å². The molecule has 0 aromatic heterocycles. The van der Waals surface area contributed by atoms with Crippen LogP contribution in [0.2, 0.25) is 0 Å². The molecule has 0 fully saturated rings. The highest BCUT2D eigenvalue weighted by Crippen LogP contribution is 2.01. The van der Waals surface area contributed by atoms with E-state index in [9.17, 15) is 0 Å². The van der Waals surface area contributed by atoms with Crippen LogP contribution in [0.3, 0.4) is 0 Å². The van der Waals surface area contributed by atoms with Crippen LogP contribution < -0.4 is 15.6 Å². The van der Waals surface area contributed by atoms with Crippen LogP contribution in [0.5, 0.6) is 0 Å². The third-order valence-electron chi connectivity index (χ3n) is 3.67. The summed E-state index contributed by atoms with van der Waals surface area (Å²) in [6.45, 7) is 5.31. The standard InChI is InChI=1S/C18H16Si.C4H10O2/c1-4-10-16(11-5-1)19(17-12-6-2-7-13-17)18-14-8-3-9-15-18;1-4(2,3)6-5/h1-15,19H;5H,1-3H3. The lowest BCUT2D eigenvalue weighted by atomic mass is 10.2. The topological polar surface area (TPSA) is 29.5 Å². The Morgan fingerprint density at radius 3 is 1.04 bits per heavy atom. The maximum Gasteiger partial charge on any atom is 0.132 e. The molecule has 0 aliphatic carbocycles. The van der Waals surface area contributed by atoms with Gasteiger partial charge < -0.3 is 0 Å². The van der Waals surface area contributed by atoms with E-state index >= 15 is 0 Å². The first-order valence-corrected chi connectivity index (χ1v) is 10.2.